The van der Waals surface area contributed by atoms with Gasteiger partial charge >= 0.3 is 0 Å². The maximum absolute atomic E-state index is 12.6. The van der Waals surface area contributed by atoms with Gasteiger partial charge in [0.05, 0.1) is 23.4 Å². The number of nitrogens with one attached hydrogen (secondary N) is 2. The second-order valence-electron chi connectivity index (χ2n) is 6.62. The topological polar surface area (TPSA) is 84.8 Å². The Balaban J connectivity index is 1.49. The Bertz CT molecular complexity index is 717. The standard InChI is InChI=1S/C16H21N5O2/c1-10-8-12-13(11(2)23-10)19-20-14(12)15(22)17-9-16(4-5-16)21-7-3-6-18-21/h3,6-7,10-11H,4-5,8-9H2,1-2H3,(H,17,22)(H,19,20)/t10-,11+/m1/s1. The quantitative estimate of drug-likeness (QED) is 0.896. The number of nitrogens with zero attached hydrogens (tertiary/aromatic N) is 3. The van der Waals surface area contributed by atoms with Crippen LogP contribution in [0.1, 0.15) is 54.5 Å². The number of hydrogen-bond acceptors (Lipinski definition) is 4. The zero-order valence-electron chi connectivity index (χ0n) is 13.4. The van der Waals surface area contributed by atoms with Gasteiger partial charge in [-0.05, 0) is 32.8 Å². The van der Waals surface area contributed by atoms with Crippen LogP contribution in [0.25, 0.3) is 0 Å². The van der Waals surface area contributed by atoms with Crippen LogP contribution in [0.2, 0.25) is 0 Å². The Morgan fingerprint density at radius 1 is 1.52 bits per heavy atom. The van der Waals surface area contributed by atoms with E-state index in [0.29, 0.717) is 18.7 Å². The molecule has 23 heavy (non-hydrogen) atoms. The largest absolute Gasteiger partial charge is 0.369 e. The summed E-state index contributed by atoms with van der Waals surface area (Å²) in [5.74, 6) is -0.123. The molecule has 3 heterocycles. The summed E-state index contributed by atoms with van der Waals surface area (Å²) in [6.07, 6.45) is 6.56. The molecular weight excluding hydrogens is 294 g/mol. The van der Waals surface area contributed by atoms with E-state index in [4.69, 9.17) is 4.74 Å². The van der Waals surface area contributed by atoms with Crippen LogP contribution < -0.4 is 5.32 Å². The third-order valence-electron chi connectivity index (χ3n) is 4.84. The molecule has 2 aliphatic rings. The first-order valence-electron chi connectivity index (χ1n) is 8.10. The Morgan fingerprint density at radius 3 is 3.04 bits per heavy atom. The van der Waals surface area contributed by atoms with Gasteiger partial charge in [0.1, 0.15) is 0 Å². The van der Waals surface area contributed by atoms with Crippen LogP contribution in [-0.2, 0) is 16.7 Å². The molecule has 1 aliphatic heterocycles. The van der Waals surface area contributed by atoms with Crippen LogP contribution in [0.4, 0.5) is 0 Å². The molecule has 4 rings (SSSR count). The van der Waals surface area contributed by atoms with Crippen LogP contribution in [0.5, 0.6) is 0 Å². The predicted octanol–water partition coefficient (Wildman–Crippen LogP) is 1.55. The monoisotopic (exact) mass is 315 g/mol. The third kappa shape index (κ3) is 2.45. The summed E-state index contributed by atoms with van der Waals surface area (Å²) >= 11 is 0. The second-order valence-corrected chi connectivity index (χ2v) is 6.62. The number of H-pyrrole nitrogens is 1. The fourth-order valence-corrected chi connectivity index (χ4v) is 3.37. The molecular formula is C16H21N5O2. The van der Waals surface area contributed by atoms with Crippen molar-refractivity contribution in [2.24, 2.45) is 0 Å². The number of carbonyl (C=O) groups is 1. The Kier molecular flexibility index (Phi) is 3.26. The number of rotatable bonds is 4. The van der Waals surface area contributed by atoms with Crippen molar-refractivity contribution in [1.29, 1.82) is 0 Å². The van der Waals surface area contributed by atoms with Gasteiger partial charge < -0.3 is 10.1 Å². The minimum atomic E-state index is -0.123. The van der Waals surface area contributed by atoms with Gasteiger partial charge in [-0.2, -0.15) is 10.2 Å². The van der Waals surface area contributed by atoms with E-state index in [0.717, 1.165) is 24.1 Å². The zero-order valence-corrected chi connectivity index (χ0v) is 13.4. The molecule has 1 aliphatic carbocycles. The van der Waals surface area contributed by atoms with Crippen LogP contribution >= 0.6 is 0 Å². The lowest BCUT2D eigenvalue weighted by Gasteiger charge is -2.25. The molecule has 0 unspecified atom stereocenters. The maximum atomic E-state index is 12.6. The highest BCUT2D eigenvalue weighted by Crippen LogP contribution is 2.42. The van der Waals surface area contributed by atoms with Gasteiger partial charge in [-0.15, -0.1) is 0 Å². The second kappa shape index (κ2) is 5.19. The summed E-state index contributed by atoms with van der Waals surface area (Å²) in [5, 5.41) is 14.5. The summed E-state index contributed by atoms with van der Waals surface area (Å²) in [4.78, 5) is 12.6. The van der Waals surface area contributed by atoms with E-state index < -0.39 is 0 Å². The lowest BCUT2D eigenvalue weighted by atomic mass is 9.99. The Labute approximate surface area is 134 Å². The van der Waals surface area contributed by atoms with Crippen LogP contribution in [0.15, 0.2) is 18.5 Å². The van der Waals surface area contributed by atoms with E-state index in [2.05, 4.69) is 20.6 Å². The summed E-state index contributed by atoms with van der Waals surface area (Å²) in [5.41, 5.74) is 2.34. The van der Waals surface area contributed by atoms with Crippen LogP contribution in [0.3, 0.4) is 0 Å². The molecule has 0 aromatic carbocycles. The summed E-state index contributed by atoms with van der Waals surface area (Å²) in [7, 11) is 0. The van der Waals surface area contributed by atoms with Gasteiger partial charge in [-0.3, -0.25) is 14.6 Å². The molecule has 1 fully saturated rings. The highest BCUT2D eigenvalue weighted by Gasteiger charge is 2.45. The van der Waals surface area contributed by atoms with E-state index in [1.54, 1.807) is 6.20 Å². The molecule has 2 atom stereocenters. The number of carbonyl (C=O) groups excluding carboxylic acids is 1. The highest BCUT2D eigenvalue weighted by molar-refractivity contribution is 5.94. The van der Waals surface area contributed by atoms with Gasteiger partial charge in [-0.1, -0.05) is 0 Å². The fourth-order valence-electron chi connectivity index (χ4n) is 3.37. The third-order valence-corrected chi connectivity index (χ3v) is 4.84. The van der Waals surface area contributed by atoms with Crippen molar-refractivity contribution < 1.29 is 9.53 Å². The maximum Gasteiger partial charge on any atom is 0.272 e. The first-order valence-corrected chi connectivity index (χ1v) is 8.10. The van der Waals surface area contributed by atoms with Crippen molar-refractivity contribution >= 4 is 5.91 Å². The van der Waals surface area contributed by atoms with E-state index in [1.807, 2.05) is 30.8 Å². The van der Waals surface area contributed by atoms with Gasteiger partial charge in [0.15, 0.2) is 5.69 Å². The van der Waals surface area contributed by atoms with E-state index in [-0.39, 0.29) is 23.7 Å². The molecule has 0 radical (unpaired) electrons. The van der Waals surface area contributed by atoms with E-state index in [1.165, 1.54) is 0 Å². The van der Waals surface area contributed by atoms with Crippen molar-refractivity contribution in [2.45, 2.75) is 50.9 Å². The first kappa shape index (κ1) is 14.4. The molecule has 2 aromatic heterocycles. The fraction of sp³-hybridized carbons (Fsp3) is 0.562. The number of amides is 1. The number of fused-ring (bicyclic) bond motifs is 1. The SMILES string of the molecule is C[C@@H]1Cc2c(C(=O)NCC3(n4cccn4)CC3)n[nH]c2[C@H](C)O1. The predicted molar refractivity (Wildman–Crippen MR) is 83.0 cm³/mol. The molecule has 7 heteroatoms. The number of aromatic amines is 1. The zero-order chi connectivity index (χ0) is 16.0. The molecule has 1 saturated carbocycles. The van der Waals surface area contributed by atoms with Crippen LogP contribution in [-0.4, -0.2) is 38.5 Å². The lowest BCUT2D eigenvalue weighted by molar-refractivity contribution is -0.00697. The molecule has 0 bridgehead atoms. The van der Waals surface area contributed by atoms with Crippen molar-refractivity contribution in [3.8, 4) is 0 Å². The number of hydrogen-bond donors (Lipinski definition) is 2. The summed E-state index contributed by atoms with van der Waals surface area (Å²) in [6, 6.07) is 1.91. The van der Waals surface area contributed by atoms with Gasteiger partial charge in [0.25, 0.3) is 5.91 Å². The van der Waals surface area contributed by atoms with Crippen molar-refractivity contribution in [3.63, 3.8) is 0 Å². The molecule has 2 N–H and O–H groups in total. The Morgan fingerprint density at radius 2 is 2.35 bits per heavy atom. The molecule has 2 aromatic rings. The van der Waals surface area contributed by atoms with Crippen molar-refractivity contribution in [2.75, 3.05) is 6.54 Å². The van der Waals surface area contributed by atoms with E-state index >= 15 is 0 Å². The first-order chi connectivity index (χ1) is 11.1. The molecule has 7 nitrogen and oxygen atoms in total. The van der Waals surface area contributed by atoms with Crippen molar-refractivity contribution in [3.05, 3.63) is 35.4 Å². The Hall–Kier alpha value is -2.15. The van der Waals surface area contributed by atoms with E-state index in [9.17, 15) is 4.79 Å². The molecule has 1 amide bonds. The van der Waals surface area contributed by atoms with Gasteiger partial charge in [-0.25, -0.2) is 0 Å². The van der Waals surface area contributed by atoms with Crippen LogP contribution in [0, 0.1) is 0 Å². The molecule has 0 saturated heterocycles. The number of ether oxygens (including phenoxy) is 1. The van der Waals surface area contributed by atoms with Crippen molar-refractivity contribution in [1.82, 2.24) is 25.3 Å². The minimum Gasteiger partial charge on any atom is -0.369 e. The summed E-state index contributed by atoms with van der Waals surface area (Å²) in [6.45, 7) is 4.58. The average Bonchev–Trinajstić information content (AvgIpc) is 2.95. The average molecular weight is 315 g/mol. The minimum absolute atomic E-state index is 0.0540. The van der Waals surface area contributed by atoms with Gasteiger partial charge in [0.2, 0.25) is 0 Å². The normalized spacial score (nSPS) is 25.0. The number of aromatic nitrogens is 4. The summed E-state index contributed by atoms with van der Waals surface area (Å²) < 4.78 is 7.71. The van der Waals surface area contributed by atoms with Gasteiger partial charge in [0, 0.05) is 30.9 Å². The molecule has 0 spiro atoms. The highest BCUT2D eigenvalue weighted by atomic mass is 16.5. The lowest BCUT2D eigenvalue weighted by Crippen LogP contribution is -2.36. The molecule has 122 valence electrons. The smallest absolute Gasteiger partial charge is 0.272 e.